The predicted octanol–water partition coefficient (Wildman–Crippen LogP) is 3.06. The molecule has 0 saturated carbocycles. The summed E-state index contributed by atoms with van der Waals surface area (Å²) < 4.78 is 5.39. The number of aliphatic hydroxyl groups is 2. The molecule has 0 aromatic heterocycles. The third-order valence-corrected chi connectivity index (χ3v) is 3.61. The van der Waals surface area contributed by atoms with Crippen molar-refractivity contribution in [1.29, 1.82) is 0 Å². The second kappa shape index (κ2) is 7.51. The molecule has 108 valence electrons. The maximum atomic E-state index is 9.63. The Bertz CT molecular complexity index is 388. The summed E-state index contributed by atoms with van der Waals surface area (Å²) in [5.41, 5.74) is 2.40. The van der Waals surface area contributed by atoms with E-state index in [9.17, 15) is 5.11 Å². The quantitative estimate of drug-likeness (QED) is 0.797. The number of aliphatic hydroxyl groups excluding tert-OH is 2. The number of rotatable bonds is 7. The Morgan fingerprint density at radius 1 is 1.26 bits per heavy atom. The normalized spacial score (nSPS) is 14.5. The highest BCUT2D eigenvalue weighted by atomic mass is 16.5. The molecule has 0 spiro atoms. The van der Waals surface area contributed by atoms with Crippen LogP contribution in [-0.4, -0.2) is 30.0 Å². The molecule has 0 aliphatic rings. The van der Waals surface area contributed by atoms with E-state index in [1.807, 2.05) is 6.07 Å². The Morgan fingerprint density at radius 3 is 2.42 bits per heavy atom. The molecule has 19 heavy (non-hydrogen) atoms. The summed E-state index contributed by atoms with van der Waals surface area (Å²) in [5.74, 6) is 1.58. The number of ether oxygens (including phenoxy) is 1. The highest BCUT2D eigenvalue weighted by Crippen LogP contribution is 2.32. The molecule has 0 fully saturated rings. The third kappa shape index (κ3) is 4.22. The van der Waals surface area contributed by atoms with Crippen molar-refractivity contribution < 1.29 is 14.9 Å². The standard InChI is InChI=1S/C16H26O3/c1-5-12(8-14(18)10-17)13-6-7-16(19-4)15(9-13)11(2)3/h6-7,9,11-12,14,17-18H,5,8,10H2,1-4H3. The molecule has 0 saturated heterocycles. The van der Waals surface area contributed by atoms with Gasteiger partial charge in [0.2, 0.25) is 0 Å². The molecule has 0 amide bonds. The molecule has 3 nitrogen and oxygen atoms in total. The van der Waals surface area contributed by atoms with Crippen LogP contribution in [0.1, 0.15) is 56.6 Å². The average molecular weight is 266 g/mol. The Balaban J connectivity index is 3.01. The van der Waals surface area contributed by atoms with Gasteiger partial charge in [0.25, 0.3) is 0 Å². The van der Waals surface area contributed by atoms with Crippen LogP contribution in [0.4, 0.5) is 0 Å². The van der Waals surface area contributed by atoms with Crippen LogP contribution in [0.2, 0.25) is 0 Å². The summed E-state index contributed by atoms with van der Waals surface area (Å²) >= 11 is 0. The first-order valence-corrected chi connectivity index (χ1v) is 7.00. The van der Waals surface area contributed by atoms with Gasteiger partial charge < -0.3 is 14.9 Å². The van der Waals surface area contributed by atoms with Crippen molar-refractivity contribution in [3.8, 4) is 5.75 Å². The minimum Gasteiger partial charge on any atom is -0.496 e. The molecule has 1 rings (SSSR count). The van der Waals surface area contributed by atoms with Crippen molar-refractivity contribution in [3.05, 3.63) is 29.3 Å². The Hall–Kier alpha value is -1.06. The lowest BCUT2D eigenvalue weighted by atomic mass is 9.88. The summed E-state index contributed by atoms with van der Waals surface area (Å²) in [6.07, 6.45) is 0.896. The van der Waals surface area contributed by atoms with Crippen LogP contribution in [0, 0.1) is 0 Å². The van der Waals surface area contributed by atoms with Gasteiger partial charge in [0.1, 0.15) is 5.75 Å². The highest BCUT2D eigenvalue weighted by Gasteiger charge is 2.17. The van der Waals surface area contributed by atoms with Crippen LogP contribution < -0.4 is 4.74 Å². The summed E-state index contributed by atoms with van der Waals surface area (Å²) in [7, 11) is 1.69. The Labute approximate surface area is 116 Å². The molecule has 3 heteroatoms. The Morgan fingerprint density at radius 2 is 1.95 bits per heavy atom. The first kappa shape index (κ1) is 16.0. The third-order valence-electron chi connectivity index (χ3n) is 3.61. The van der Waals surface area contributed by atoms with Gasteiger partial charge in [-0.1, -0.05) is 32.9 Å². The summed E-state index contributed by atoms with van der Waals surface area (Å²) in [6.45, 7) is 6.22. The average Bonchev–Trinajstić information content (AvgIpc) is 2.43. The molecule has 0 radical (unpaired) electrons. The van der Waals surface area contributed by atoms with E-state index in [4.69, 9.17) is 9.84 Å². The molecule has 0 heterocycles. The van der Waals surface area contributed by atoms with Gasteiger partial charge in [0, 0.05) is 0 Å². The first-order chi connectivity index (χ1) is 9.03. The van der Waals surface area contributed by atoms with Gasteiger partial charge in [-0.05, 0) is 41.9 Å². The fourth-order valence-electron chi connectivity index (χ4n) is 2.40. The van der Waals surface area contributed by atoms with E-state index in [-0.39, 0.29) is 12.5 Å². The smallest absolute Gasteiger partial charge is 0.122 e. The van der Waals surface area contributed by atoms with Crippen molar-refractivity contribution in [2.75, 3.05) is 13.7 Å². The van der Waals surface area contributed by atoms with Gasteiger partial charge in [-0.2, -0.15) is 0 Å². The molecule has 0 aliphatic carbocycles. The van der Waals surface area contributed by atoms with Crippen LogP contribution in [0.3, 0.4) is 0 Å². The van der Waals surface area contributed by atoms with E-state index in [2.05, 4.69) is 32.9 Å². The van der Waals surface area contributed by atoms with Gasteiger partial charge in [-0.25, -0.2) is 0 Å². The lowest BCUT2D eigenvalue weighted by Crippen LogP contribution is -2.16. The molecule has 2 atom stereocenters. The SMILES string of the molecule is CCC(CC(O)CO)c1ccc(OC)c(C(C)C)c1. The van der Waals surface area contributed by atoms with E-state index in [0.29, 0.717) is 12.3 Å². The molecule has 0 bridgehead atoms. The molecule has 0 aliphatic heterocycles. The van der Waals surface area contributed by atoms with Gasteiger partial charge in [-0.15, -0.1) is 0 Å². The molecule has 1 aromatic carbocycles. The molecular weight excluding hydrogens is 240 g/mol. The molecular formula is C16H26O3. The monoisotopic (exact) mass is 266 g/mol. The Kier molecular flexibility index (Phi) is 6.32. The number of benzene rings is 1. The number of methoxy groups -OCH3 is 1. The fourth-order valence-corrected chi connectivity index (χ4v) is 2.40. The summed E-state index contributed by atoms with van der Waals surface area (Å²) in [6, 6.07) is 6.23. The largest absolute Gasteiger partial charge is 0.496 e. The fraction of sp³-hybridized carbons (Fsp3) is 0.625. The predicted molar refractivity (Wildman–Crippen MR) is 77.8 cm³/mol. The van der Waals surface area contributed by atoms with Crippen molar-refractivity contribution >= 4 is 0 Å². The zero-order valence-electron chi connectivity index (χ0n) is 12.4. The van der Waals surface area contributed by atoms with E-state index in [1.54, 1.807) is 7.11 Å². The lowest BCUT2D eigenvalue weighted by molar-refractivity contribution is 0.0817. The van der Waals surface area contributed by atoms with E-state index >= 15 is 0 Å². The zero-order chi connectivity index (χ0) is 14.4. The number of hydrogen-bond acceptors (Lipinski definition) is 3. The second-order valence-electron chi connectivity index (χ2n) is 5.33. The molecule has 2 N–H and O–H groups in total. The van der Waals surface area contributed by atoms with Crippen molar-refractivity contribution in [2.45, 2.75) is 51.6 Å². The zero-order valence-corrected chi connectivity index (χ0v) is 12.4. The molecule has 1 aromatic rings. The van der Waals surface area contributed by atoms with E-state index in [1.165, 1.54) is 11.1 Å². The van der Waals surface area contributed by atoms with Gasteiger partial charge >= 0.3 is 0 Å². The van der Waals surface area contributed by atoms with Crippen LogP contribution in [0.25, 0.3) is 0 Å². The summed E-state index contributed by atoms with van der Waals surface area (Å²) in [4.78, 5) is 0. The first-order valence-electron chi connectivity index (χ1n) is 7.00. The van der Waals surface area contributed by atoms with Crippen LogP contribution >= 0.6 is 0 Å². The van der Waals surface area contributed by atoms with Crippen molar-refractivity contribution in [2.24, 2.45) is 0 Å². The van der Waals surface area contributed by atoms with Crippen LogP contribution in [-0.2, 0) is 0 Å². The second-order valence-corrected chi connectivity index (χ2v) is 5.33. The van der Waals surface area contributed by atoms with Crippen molar-refractivity contribution in [1.82, 2.24) is 0 Å². The van der Waals surface area contributed by atoms with E-state index < -0.39 is 6.10 Å². The minimum atomic E-state index is -0.644. The van der Waals surface area contributed by atoms with Gasteiger partial charge in [0.05, 0.1) is 19.8 Å². The van der Waals surface area contributed by atoms with E-state index in [0.717, 1.165) is 12.2 Å². The lowest BCUT2D eigenvalue weighted by Gasteiger charge is -2.21. The maximum absolute atomic E-state index is 9.63. The van der Waals surface area contributed by atoms with Gasteiger partial charge in [-0.3, -0.25) is 0 Å². The summed E-state index contributed by atoms with van der Waals surface area (Å²) in [5, 5.41) is 18.6. The minimum absolute atomic E-state index is 0.177. The molecule has 2 unspecified atom stereocenters. The van der Waals surface area contributed by atoms with Gasteiger partial charge in [0.15, 0.2) is 0 Å². The maximum Gasteiger partial charge on any atom is 0.122 e. The van der Waals surface area contributed by atoms with Crippen LogP contribution in [0.5, 0.6) is 5.75 Å². The number of hydrogen-bond donors (Lipinski definition) is 2. The highest BCUT2D eigenvalue weighted by molar-refractivity contribution is 5.40. The van der Waals surface area contributed by atoms with Crippen LogP contribution in [0.15, 0.2) is 18.2 Å². The topological polar surface area (TPSA) is 49.7 Å². The van der Waals surface area contributed by atoms with Crippen molar-refractivity contribution in [3.63, 3.8) is 0 Å².